The summed E-state index contributed by atoms with van der Waals surface area (Å²) in [5, 5.41) is 10.8. The molecular formula is C9H6BrClOS. The minimum Gasteiger partial charge on any atom is -0.499 e. The lowest BCUT2D eigenvalue weighted by molar-refractivity contribution is 0.488. The Bertz CT molecular complexity index is 452. The molecule has 1 nitrogen and oxygen atoms in total. The molecule has 2 rings (SSSR count). The van der Waals surface area contributed by atoms with Gasteiger partial charge in [0, 0.05) is 16.0 Å². The number of hydrogen-bond donors (Lipinski definition) is 1. The first-order chi connectivity index (χ1) is 6.24. The Kier molecular flexibility index (Phi) is 2.49. The molecule has 68 valence electrons. The molecule has 0 spiro atoms. The molecule has 0 aliphatic heterocycles. The lowest BCUT2D eigenvalue weighted by Gasteiger charge is -1.95. The van der Waals surface area contributed by atoms with E-state index in [1.54, 1.807) is 0 Å². The summed E-state index contributed by atoms with van der Waals surface area (Å²) in [6.45, 7) is 0. The van der Waals surface area contributed by atoms with E-state index in [0.29, 0.717) is 10.9 Å². The molecule has 2 aromatic rings. The Morgan fingerprint density at radius 2 is 2.23 bits per heavy atom. The first-order valence-electron chi connectivity index (χ1n) is 3.69. The standard InChI is InChI=1S/C9H6BrClOS/c10-7-6-3-1-2-5(4-11)8(6)13-9(7)12/h1-3,12H,4H2. The highest BCUT2D eigenvalue weighted by Crippen LogP contribution is 2.42. The molecule has 0 amide bonds. The number of hydrogen-bond acceptors (Lipinski definition) is 2. The van der Waals surface area contributed by atoms with Crippen molar-refractivity contribution in [2.24, 2.45) is 0 Å². The molecule has 1 aromatic heterocycles. The van der Waals surface area contributed by atoms with Crippen LogP contribution in [0, 0.1) is 0 Å². The van der Waals surface area contributed by atoms with E-state index >= 15 is 0 Å². The van der Waals surface area contributed by atoms with Gasteiger partial charge in [0.15, 0.2) is 5.06 Å². The molecular weight excluding hydrogens is 272 g/mol. The van der Waals surface area contributed by atoms with Gasteiger partial charge in [-0.05, 0) is 21.5 Å². The van der Waals surface area contributed by atoms with Crippen LogP contribution >= 0.6 is 38.9 Å². The quantitative estimate of drug-likeness (QED) is 0.778. The Balaban J connectivity index is 2.84. The van der Waals surface area contributed by atoms with Crippen LogP contribution in [0.4, 0.5) is 0 Å². The predicted molar refractivity (Wildman–Crippen MR) is 60.7 cm³/mol. The van der Waals surface area contributed by atoms with Gasteiger partial charge < -0.3 is 5.11 Å². The number of alkyl halides is 1. The van der Waals surface area contributed by atoms with Gasteiger partial charge in [-0.3, -0.25) is 0 Å². The molecule has 0 aliphatic carbocycles. The van der Waals surface area contributed by atoms with Crippen LogP contribution in [0.15, 0.2) is 22.7 Å². The monoisotopic (exact) mass is 276 g/mol. The average molecular weight is 278 g/mol. The van der Waals surface area contributed by atoms with Crippen LogP contribution in [0.3, 0.4) is 0 Å². The van der Waals surface area contributed by atoms with Crippen molar-refractivity contribution >= 4 is 49.0 Å². The van der Waals surface area contributed by atoms with Gasteiger partial charge in [0.25, 0.3) is 0 Å². The Morgan fingerprint density at radius 3 is 2.92 bits per heavy atom. The van der Waals surface area contributed by atoms with E-state index < -0.39 is 0 Å². The number of benzene rings is 1. The zero-order valence-electron chi connectivity index (χ0n) is 6.55. The van der Waals surface area contributed by atoms with Crippen molar-refractivity contribution in [3.8, 4) is 5.06 Å². The second kappa shape index (κ2) is 3.48. The summed E-state index contributed by atoms with van der Waals surface area (Å²) in [5.74, 6) is 0.476. The third kappa shape index (κ3) is 1.45. The molecule has 1 heterocycles. The van der Waals surface area contributed by atoms with Gasteiger partial charge in [-0.15, -0.1) is 11.6 Å². The highest BCUT2D eigenvalue weighted by Gasteiger charge is 2.10. The van der Waals surface area contributed by atoms with Crippen molar-refractivity contribution in [3.63, 3.8) is 0 Å². The normalized spacial score (nSPS) is 10.9. The average Bonchev–Trinajstić information content (AvgIpc) is 2.43. The largest absolute Gasteiger partial charge is 0.499 e. The molecule has 13 heavy (non-hydrogen) atoms. The van der Waals surface area contributed by atoms with Crippen molar-refractivity contribution in [2.45, 2.75) is 5.88 Å². The van der Waals surface area contributed by atoms with Gasteiger partial charge >= 0.3 is 0 Å². The van der Waals surface area contributed by atoms with Crippen LogP contribution in [0.2, 0.25) is 0 Å². The fourth-order valence-corrected chi connectivity index (χ4v) is 3.19. The van der Waals surface area contributed by atoms with Crippen LogP contribution in [-0.4, -0.2) is 5.11 Å². The van der Waals surface area contributed by atoms with Crippen molar-refractivity contribution in [1.29, 1.82) is 0 Å². The summed E-state index contributed by atoms with van der Waals surface area (Å²) >= 11 is 10.5. The van der Waals surface area contributed by atoms with Crippen LogP contribution in [0.5, 0.6) is 5.06 Å². The van der Waals surface area contributed by atoms with Gasteiger partial charge in [0.05, 0.1) is 4.47 Å². The van der Waals surface area contributed by atoms with Crippen molar-refractivity contribution in [1.82, 2.24) is 0 Å². The maximum absolute atomic E-state index is 9.49. The second-order valence-corrected chi connectivity index (χ2v) is 4.71. The maximum atomic E-state index is 9.49. The van der Waals surface area contributed by atoms with E-state index in [1.807, 2.05) is 18.2 Å². The molecule has 0 bridgehead atoms. The first kappa shape index (κ1) is 9.31. The van der Waals surface area contributed by atoms with Crippen molar-refractivity contribution in [3.05, 3.63) is 28.2 Å². The third-order valence-corrected chi connectivity index (χ3v) is 4.30. The summed E-state index contributed by atoms with van der Waals surface area (Å²) in [6, 6.07) is 5.88. The Hall–Kier alpha value is -0.250. The highest BCUT2D eigenvalue weighted by molar-refractivity contribution is 9.10. The number of aromatic hydroxyl groups is 1. The second-order valence-electron chi connectivity index (χ2n) is 2.65. The zero-order valence-corrected chi connectivity index (χ0v) is 9.71. The van der Waals surface area contributed by atoms with E-state index in [1.165, 1.54) is 11.3 Å². The van der Waals surface area contributed by atoms with Crippen LogP contribution in [0.25, 0.3) is 10.1 Å². The molecule has 4 heteroatoms. The number of thiophene rings is 1. The first-order valence-corrected chi connectivity index (χ1v) is 5.83. The molecule has 0 radical (unpaired) electrons. The molecule has 0 fully saturated rings. The van der Waals surface area contributed by atoms with E-state index in [4.69, 9.17) is 11.6 Å². The SMILES string of the molecule is Oc1sc2c(CCl)cccc2c1Br. The molecule has 0 atom stereocenters. The molecule has 0 unspecified atom stereocenters. The van der Waals surface area contributed by atoms with Gasteiger partial charge in [-0.25, -0.2) is 0 Å². The highest BCUT2D eigenvalue weighted by atomic mass is 79.9. The summed E-state index contributed by atoms with van der Waals surface area (Å²) in [6.07, 6.45) is 0. The summed E-state index contributed by atoms with van der Waals surface area (Å²) in [4.78, 5) is 0. The van der Waals surface area contributed by atoms with Crippen LogP contribution in [-0.2, 0) is 5.88 Å². The van der Waals surface area contributed by atoms with Crippen LogP contribution in [0.1, 0.15) is 5.56 Å². The van der Waals surface area contributed by atoms with E-state index in [2.05, 4.69) is 15.9 Å². The lowest BCUT2D eigenvalue weighted by Crippen LogP contribution is -1.75. The third-order valence-electron chi connectivity index (χ3n) is 1.86. The van der Waals surface area contributed by atoms with E-state index in [9.17, 15) is 5.11 Å². The Labute approximate surface area is 93.1 Å². The van der Waals surface area contributed by atoms with Gasteiger partial charge in [0.2, 0.25) is 0 Å². The van der Waals surface area contributed by atoms with Gasteiger partial charge in [-0.1, -0.05) is 29.5 Å². The number of halogens is 2. The molecule has 1 aromatic carbocycles. The molecule has 0 saturated carbocycles. The van der Waals surface area contributed by atoms with E-state index in [-0.39, 0.29) is 0 Å². The Morgan fingerprint density at radius 1 is 1.46 bits per heavy atom. The summed E-state index contributed by atoms with van der Waals surface area (Å²) < 4.78 is 1.82. The van der Waals surface area contributed by atoms with Gasteiger partial charge in [0.1, 0.15) is 0 Å². The molecule has 1 N–H and O–H groups in total. The number of rotatable bonds is 1. The molecule has 0 aliphatic rings. The van der Waals surface area contributed by atoms with Gasteiger partial charge in [-0.2, -0.15) is 0 Å². The topological polar surface area (TPSA) is 20.2 Å². The van der Waals surface area contributed by atoms with Crippen LogP contribution < -0.4 is 0 Å². The van der Waals surface area contributed by atoms with Crippen molar-refractivity contribution in [2.75, 3.05) is 0 Å². The summed E-state index contributed by atoms with van der Waals surface area (Å²) in [7, 11) is 0. The fourth-order valence-electron chi connectivity index (χ4n) is 1.24. The number of fused-ring (bicyclic) bond motifs is 1. The smallest absolute Gasteiger partial charge is 0.186 e. The predicted octanol–water partition coefficient (Wildman–Crippen LogP) is 4.11. The fraction of sp³-hybridized carbons (Fsp3) is 0.111. The van der Waals surface area contributed by atoms with E-state index in [0.717, 1.165) is 20.1 Å². The zero-order chi connectivity index (χ0) is 9.42. The molecule has 0 saturated heterocycles. The summed E-state index contributed by atoms with van der Waals surface area (Å²) in [5.41, 5.74) is 1.06. The minimum absolute atomic E-state index is 0.313. The maximum Gasteiger partial charge on any atom is 0.186 e. The minimum atomic E-state index is 0.313. The lowest BCUT2D eigenvalue weighted by atomic mass is 10.2. The van der Waals surface area contributed by atoms with Crippen molar-refractivity contribution < 1.29 is 5.11 Å².